The molecule has 0 aromatic heterocycles. The molecule has 0 radical (unpaired) electrons. The standard InChI is InChI=1S/C13H15ClN2O4S/c1-2-7-16-12(17)5-6-13(16,18)9-3-4-10(14)11(8-9)21(15,19)20/h2-4,8,18H,1,5-7H2,(H2,15,19,20). The first-order valence-electron chi connectivity index (χ1n) is 6.16. The van der Waals surface area contributed by atoms with Crippen LogP contribution in [0.2, 0.25) is 5.02 Å². The van der Waals surface area contributed by atoms with Gasteiger partial charge in [0.1, 0.15) is 4.90 Å². The summed E-state index contributed by atoms with van der Waals surface area (Å²) in [6.07, 6.45) is 1.81. The monoisotopic (exact) mass is 330 g/mol. The van der Waals surface area contributed by atoms with Gasteiger partial charge in [0, 0.05) is 24.9 Å². The molecule has 1 amide bonds. The van der Waals surface area contributed by atoms with Gasteiger partial charge in [0.15, 0.2) is 5.72 Å². The van der Waals surface area contributed by atoms with Crippen LogP contribution in [-0.4, -0.2) is 30.9 Å². The SMILES string of the molecule is C=CCN1C(=O)CCC1(O)c1ccc(Cl)c(S(N)(=O)=O)c1. The molecule has 0 saturated carbocycles. The number of carbonyl (C=O) groups is 1. The molecule has 1 aliphatic rings. The number of amides is 1. The third-order valence-corrected chi connectivity index (χ3v) is 4.84. The Morgan fingerprint density at radius 3 is 2.76 bits per heavy atom. The lowest BCUT2D eigenvalue weighted by molar-refractivity contribution is -0.145. The van der Waals surface area contributed by atoms with Crippen molar-refractivity contribution < 1.29 is 18.3 Å². The third kappa shape index (κ3) is 2.82. The Kier molecular flexibility index (Phi) is 4.12. The molecule has 1 atom stereocenters. The molecule has 1 aromatic rings. The molecule has 3 N–H and O–H groups in total. The highest BCUT2D eigenvalue weighted by molar-refractivity contribution is 7.89. The van der Waals surface area contributed by atoms with E-state index < -0.39 is 15.7 Å². The minimum absolute atomic E-state index is 0.0376. The number of sulfonamides is 1. The number of halogens is 1. The van der Waals surface area contributed by atoms with Crippen molar-refractivity contribution in [3.63, 3.8) is 0 Å². The predicted octanol–water partition coefficient (Wildman–Crippen LogP) is 0.941. The van der Waals surface area contributed by atoms with Crippen LogP contribution < -0.4 is 5.14 Å². The number of likely N-dealkylation sites (tertiary alicyclic amines) is 1. The van der Waals surface area contributed by atoms with E-state index in [4.69, 9.17) is 16.7 Å². The fourth-order valence-corrected chi connectivity index (χ4v) is 3.48. The van der Waals surface area contributed by atoms with Crippen molar-refractivity contribution in [2.24, 2.45) is 5.14 Å². The van der Waals surface area contributed by atoms with E-state index in [2.05, 4.69) is 6.58 Å². The summed E-state index contributed by atoms with van der Waals surface area (Å²) in [5, 5.41) is 15.8. The molecule has 1 fully saturated rings. The molecule has 6 nitrogen and oxygen atoms in total. The Labute approximate surface area is 127 Å². The summed E-state index contributed by atoms with van der Waals surface area (Å²) in [5.41, 5.74) is -1.33. The number of rotatable bonds is 4. The number of nitrogens with two attached hydrogens (primary N) is 1. The van der Waals surface area contributed by atoms with Crippen molar-refractivity contribution in [2.75, 3.05) is 6.54 Å². The van der Waals surface area contributed by atoms with Crippen LogP contribution in [0.5, 0.6) is 0 Å². The largest absolute Gasteiger partial charge is 0.367 e. The Morgan fingerprint density at radius 1 is 1.52 bits per heavy atom. The summed E-state index contributed by atoms with van der Waals surface area (Å²) in [5.74, 6) is -0.232. The van der Waals surface area contributed by atoms with E-state index in [-0.39, 0.29) is 40.8 Å². The molecule has 0 spiro atoms. The van der Waals surface area contributed by atoms with E-state index in [1.807, 2.05) is 0 Å². The van der Waals surface area contributed by atoms with Crippen molar-refractivity contribution in [3.8, 4) is 0 Å². The zero-order valence-electron chi connectivity index (χ0n) is 11.1. The lowest BCUT2D eigenvalue weighted by atomic mass is 10.00. The van der Waals surface area contributed by atoms with Crippen LogP contribution in [-0.2, 0) is 20.5 Å². The number of nitrogens with zero attached hydrogens (tertiary/aromatic N) is 1. The minimum Gasteiger partial charge on any atom is -0.367 e. The van der Waals surface area contributed by atoms with Crippen molar-refractivity contribution >= 4 is 27.5 Å². The van der Waals surface area contributed by atoms with Gasteiger partial charge < -0.3 is 10.0 Å². The van der Waals surface area contributed by atoms with Crippen LogP contribution in [0.15, 0.2) is 35.7 Å². The smallest absolute Gasteiger partial charge is 0.239 e. The summed E-state index contributed by atoms with van der Waals surface area (Å²) in [4.78, 5) is 12.8. The number of carbonyl (C=O) groups excluding carboxylic acids is 1. The Morgan fingerprint density at radius 2 is 2.19 bits per heavy atom. The molecular weight excluding hydrogens is 316 g/mol. The van der Waals surface area contributed by atoms with Gasteiger partial charge in [0.05, 0.1) is 5.02 Å². The van der Waals surface area contributed by atoms with Gasteiger partial charge in [-0.15, -0.1) is 6.58 Å². The van der Waals surface area contributed by atoms with Crippen LogP contribution in [0, 0.1) is 0 Å². The van der Waals surface area contributed by atoms with Crippen LogP contribution in [0.4, 0.5) is 0 Å². The topological polar surface area (TPSA) is 101 Å². The van der Waals surface area contributed by atoms with Gasteiger partial charge in [-0.2, -0.15) is 0 Å². The molecule has 8 heteroatoms. The first kappa shape index (κ1) is 16.0. The first-order chi connectivity index (χ1) is 9.70. The molecule has 0 bridgehead atoms. The maximum Gasteiger partial charge on any atom is 0.239 e. The fourth-order valence-electron chi connectivity index (χ4n) is 2.41. The summed E-state index contributed by atoms with van der Waals surface area (Å²) in [7, 11) is -4.02. The quantitative estimate of drug-likeness (QED) is 0.802. The average Bonchev–Trinajstić information content (AvgIpc) is 2.68. The lowest BCUT2D eigenvalue weighted by Gasteiger charge is -2.33. The molecule has 0 aliphatic carbocycles. The van der Waals surface area contributed by atoms with Gasteiger partial charge in [-0.1, -0.05) is 23.7 Å². The van der Waals surface area contributed by atoms with Crippen molar-refractivity contribution in [1.82, 2.24) is 4.90 Å². The Bertz CT molecular complexity index is 704. The normalized spacial score (nSPS) is 22.6. The van der Waals surface area contributed by atoms with Gasteiger partial charge in [-0.25, -0.2) is 13.6 Å². The Balaban J connectivity index is 2.55. The molecular formula is C13H15ClN2O4S. The molecule has 21 heavy (non-hydrogen) atoms. The molecule has 1 saturated heterocycles. The van der Waals surface area contributed by atoms with E-state index in [1.165, 1.54) is 29.2 Å². The van der Waals surface area contributed by atoms with E-state index in [0.717, 1.165) is 0 Å². The summed E-state index contributed by atoms with van der Waals surface area (Å²) >= 11 is 5.82. The number of benzene rings is 1. The number of hydrogen-bond donors (Lipinski definition) is 2. The summed E-state index contributed by atoms with van der Waals surface area (Å²) < 4.78 is 23.0. The predicted molar refractivity (Wildman–Crippen MR) is 77.9 cm³/mol. The highest BCUT2D eigenvalue weighted by Crippen LogP contribution is 2.38. The Hall–Kier alpha value is -1.41. The maximum atomic E-state index is 11.9. The summed E-state index contributed by atoms with van der Waals surface area (Å²) in [6.45, 7) is 3.70. The fraction of sp³-hybridized carbons (Fsp3) is 0.308. The molecule has 2 rings (SSSR count). The van der Waals surface area contributed by atoms with Gasteiger partial charge in [0.2, 0.25) is 15.9 Å². The highest BCUT2D eigenvalue weighted by Gasteiger charge is 2.45. The van der Waals surface area contributed by atoms with Gasteiger partial charge in [-0.05, 0) is 12.1 Å². The van der Waals surface area contributed by atoms with E-state index in [1.54, 1.807) is 0 Å². The average molecular weight is 331 g/mol. The van der Waals surface area contributed by atoms with E-state index in [0.29, 0.717) is 0 Å². The molecule has 114 valence electrons. The molecule has 1 unspecified atom stereocenters. The second kappa shape index (κ2) is 5.42. The van der Waals surface area contributed by atoms with E-state index in [9.17, 15) is 18.3 Å². The second-order valence-electron chi connectivity index (χ2n) is 4.80. The highest BCUT2D eigenvalue weighted by atomic mass is 35.5. The van der Waals surface area contributed by atoms with Crippen LogP contribution in [0.25, 0.3) is 0 Å². The third-order valence-electron chi connectivity index (χ3n) is 3.45. The van der Waals surface area contributed by atoms with Crippen LogP contribution in [0.1, 0.15) is 18.4 Å². The van der Waals surface area contributed by atoms with E-state index >= 15 is 0 Å². The summed E-state index contributed by atoms with van der Waals surface area (Å²) in [6, 6.07) is 4.02. The van der Waals surface area contributed by atoms with Gasteiger partial charge in [0.25, 0.3) is 0 Å². The zero-order chi connectivity index (χ0) is 15.8. The number of hydrogen-bond acceptors (Lipinski definition) is 4. The zero-order valence-corrected chi connectivity index (χ0v) is 12.7. The van der Waals surface area contributed by atoms with Crippen molar-refractivity contribution in [2.45, 2.75) is 23.5 Å². The number of primary sulfonamides is 1. The maximum absolute atomic E-state index is 11.9. The van der Waals surface area contributed by atoms with Crippen LogP contribution >= 0.6 is 11.6 Å². The number of aliphatic hydroxyl groups is 1. The second-order valence-corrected chi connectivity index (χ2v) is 6.74. The van der Waals surface area contributed by atoms with Crippen molar-refractivity contribution in [1.29, 1.82) is 0 Å². The van der Waals surface area contributed by atoms with Gasteiger partial charge >= 0.3 is 0 Å². The molecule has 1 aliphatic heterocycles. The minimum atomic E-state index is -4.02. The van der Waals surface area contributed by atoms with Gasteiger partial charge in [-0.3, -0.25) is 4.79 Å². The lowest BCUT2D eigenvalue weighted by Crippen LogP contribution is -2.43. The molecule has 1 aromatic carbocycles. The van der Waals surface area contributed by atoms with Crippen LogP contribution in [0.3, 0.4) is 0 Å². The van der Waals surface area contributed by atoms with Crippen molar-refractivity contribution in [3.05, 3.63) is 41.4 Å². The molecule has 1 heterocycles. The first-order valence-corrected chi connectivity index (χ1v) is 8.09.